The summed E-state index contributed by atoms with van der Waals surface area (Å²) in [5.41, 5.74) is 3.68. The lowest BCUT2D eigenvalue weighted by Gasteiger charge is -2.10. The van der Waals surface area contributed by atoms with Crippen LogP contribution in [0.1, 0.15) is 18.1 Å². The Bertz CT molecular complexity index is 927. The van der Waals surface area contributed by atoms with Crippen molar-refractivity contribution in [1.29, 1.82) is 0 Å². The van der Waals surface area contributed by atoms with Gasteiger partial charge in [0.15, 0.2) is 0 Å². The largest absolute Gasteiger partial charge is 0.325 e. The fraction of sp³-hybridized carbons (Fsp3) is 0.200. The molecule has 1 aromatic heterocycles. The zero-order valence-corrected chi connectivity index (χ0v) is 15.0. The van der Waals surface area contributed by atoms with Crippen LogP contribution in [0.4, 0.5) is 10.1 Å². The highest BCUT2D eigenvalue weighted by atomic mass is 32.2. The van der Waals surface area contributed by atoms with Crippen molar-refractivity contribution in [2.24, 2.45) is 0 Å². The minimum Gasteiger partial charge on any atom is -0.325 e. The minimum absolute atomic E-state index is 0.177. The number of amides is 1. The number of thioether (sulfide) groups is 1. The third-order valence-electron chi connectivity index (χ3n) is 3.84. The molecule has 25 heavy (non-hydrogen) atoms. The fourth-order valence-corrected chi connectivity index (χ4v) is 3.47. The predicted octanol–water partition coefficient (Wildman–Crippen LogP) is 4.98. The molecule has 3 aromatic rings. The molecule has 0 unspecified atom stereocenters. The van der Waals surface area contributed by atoms with Gasteiger partial charge in [-0.2, -0.15) is 0 Å². The quantitative estimate of drug-likeness (QED) is 0.657. The van der Waals surface area contributed by atoms with Crippen LogP contribution >= 0.6 is 11.8 Å². The summed E-state index contributed by atoms with van der Waals surface area (Å²) in [7, 11) is 0. The number of hydrogen-bond acceptors (Lipinski definition) is 3. The molecule has 0 saturated heterocycles. The monoisotopic (exact) mass is 354 g/mol. The molecular formula is C20H19FN2OS. The molecular weight excluding hydrogens is 335 g/mol. The van der Waals surface area contributed by atoms with Crippen molar-refractivity contribution in [2.75, 3.05) is 11.1 Å². The number of pyridine rings is 1. The van der Waals surface area contributed by atoms with E-state index in [-0.39, 0.29) is 17.5 Å². The maximum absolute atomic E-state index is 13.2. The first-order valence-electron chi connectivity index (χ1n) is 8.13. The van der Waals surface area contributed by atoms with E-state index in [4.69, 9.17) is 4.98 Å². The van der Waals surface area contributed by atoms with Crippen molar-refractivity contribution in [2.45, 2.75) is 25.3 Å². The van der Waals surface area contributed by atoms with Crippen LogP contribution in [0.3, 0.4) is 0 Å². The summed E-state index contributed by atoms with van der Waals surface area (Å²) in [6, 6.07) is 14.2. The maximum Gasteiger partial charge on any atom is 0.234 e. The number of nitrogens with one attached hydrogen (secondary N) is 1. The molecule has 0 aliphatic heterocycles. The number of aryl methyl sites for hydroxylation is 2. The molecule has 0 radical (unpaired) electrons. The number of carbonyl (C=O) groups excluding carboxylic acids is 1. The zero-order chi connectivity index (χ0) is 17.8. The average Bonchev–Trinajstić information content (AvgIpc) is 2.59. The Morgan fingerprint density at radius 2 is 2.04 bits per heavy atom. The van der Waals surface area contributed by atoms with Gasteiger partial charge < -0.3 is 5.32 Å². The van der Waals surface area contributed by atoms with Crippen molar-refractivity contribution < 1.29 is 9.18 Å². The lowest BCUT2D eigenvalue weighted by Crippen LogP contribution is -2.14. The molecule has 0 atom stereocenters. The topological polar surface area (TPSA) is 42.0 Å². The van der Waals surface area contributed by atoms with E-state index in [2.05, 4.69) is 30.4 Å². The molecule has 5 heteroatoms. The van der Waals surface area contributed by atoms with E-state index in [1.54, 1.807) is 12.1 Å². The Labute approximate surface area is 150 Å². The van der Waals surface area contributed by atoms with E-state index in [1.165, 1.54) is 23.9 Å². The van der Waals surface area contributed by atoms with Crippen LogP contribution < -0.4 is 5.32 Å². The molecule has 1 heterocycles. The smallest absolute Gasteiger partial charge is 0.234 e. The third-order valence-corrected chi connectivity index (χ3v) is 4.88. The highest BCUT2D eigenvalue weighted by Crippen LogP contribution is 2.26. The second kappa shape index (κ2) is 7.66. The van der Waals surface area contributed by atoms with Gasteiger partial charge in [0.25, 0.3) is 0 Å². The second-order valence-corrected chi connectivity index (χ2v) is 6.81. The molecule has 128 valence electrons. The number of benzene rings is 2. The van der Waals surface area contributed by atoms with Gasteiger partial charge in [-0.1, -0.05) is 36.9 Å². The molecule has 0 aliphatic rings. The first kappa shape index (κ1) is 17.4. The van der Waals surface area contributed by atoms with Gasteiger partial charge in [-0.05, 0) is 54.8 Å². The SMILES string of the molecule is CCc1cc2ccc(C)cc2nc1SCC(=O)Nc1cccc(F)c1. The number of nitrogens with zero attached hydrogens (tertiary/aromatic N) is 1. The van der Waals surface area contributed by atoms with Crippen molar-refractivity contribution in [3.63, 3.8) is 0 Å². The fourth-order valence-electron chi connectivity index (χ4n) is 2.58. The summed E-state index contributed by atoms with van der Waals surface area (Å²) >= 11 is 1.41. The van der Waals surface area contributed by atoms with Gasteiger partial charge in [-0.25, -0.2) is 9.37 Å². The van der Waals surface area contributed by atoms with E-state index in [0.717, 1.165) is 33.5 Å². The van der Waals surface area contributed by atoms with E-state index in [9.17, 15) is 9.18 Å². The molecule has 1 N–H and O–H groups in total. The third kappa shape index (κ3) is 4.37. The number of halogens is 1. The van der Waals surface area contributed by atoms with Gasteiger partial charge in [0.2, 0.25) is 5.91 Å². The zero-order valence-electron chi connectivity index (χ0n) is 14.2. The van der Waals surface area contributed by atoms with Crippen molar-refractivity contribution in [1.82, 2.24) is 4.98 Å². The van der Waals surface area contributed by atoms with Crippen LogP contribution in [0.5, 0.6) is 0 Å². The average molecular weight is 354 g/mol. The van der Waals surface area contributed by atoms with Gasteiger partial charge in [-0.15, -0.1) is 0 Å². The van der Waals surface area contributed by atoms with Gasteiger partial charge >= 0.3 is 0 Å². The van der Waals surface area contributed by atoms with E-state index in [0.29, 0.717) is 5.69 Å². The maximum atomic E-state index is 13.2. The summed E-state index contributed by atoms with van der Waals surface area (Å²) in [6.45, 7) is 4.11. The summed E-state index contributed by atoms with van der Waals surface area (Å²) in [5.74, 6) is -0.317. The molecule has 2 aromatic carbocycles. The van der Waals surface area contributed by atoms with Crippen LogP contribution in [0.2, 0.25) is 0 Å². The standard InChI is InChI=1S/C20H19FN2OS/c1-3-14-10-15-8-7-13(2)9-18(15)23-20(14)25-12-19(24)22-17-6-4-5-16(21)11-17/h4-11H,3,12H2,1-2H3,(H,22,24). The van der Waals surface area contributed by atoms with Gasteiger partial charge in [0, 0.05) is 11.1 Å². The number of anilines is 1. The van der Waals surface area contributed by atoms with Gasteiger partial charge in [0.05, 0.1) is 11.3 Å². The summed E-state index contributed by atoms with van der Waals surface area (Å²) in [6.07, 6.45) is 0.852. The highest BCUT2D eigenvalue weighted by molar-refractivity contribution is 8.00. The molecule has 3 rings (SSSR count). The first-order chi connectivity index (χ1) is 12.0. The van der Waals surface area contributed by atoms with E-state index >= 15 is 0 Å². The lowest BCUT2D eigenvalue weighted by atomic mass is 10.1. The molecule has 0 spiro atoms. The van der Waals surface area contributed by atoms with E-state index in [1.807, 2.05) is 13.0 Å². The highest BCUT2D eigenvalue weighted by Gasteiger charge is 2.10. The lowest BCUT2D eigenvalue weighted by molar-refractivity contribution is -0.113. The molecule has 0 fully saturated rings. The van der Waals surface area contributed by atoms with Gasteiger partial charge in [0.1, 0.15) is 10.8 Å². The van der Waals surface area contributed by atoms with Crippen LogP contribution in [0, 0.1) is 12.7 Å². The van der Waals surface area contributed by atoms with Crippen LogP contribution in [-0.4, -0.2) is 16.6 Å². The Kier molecular flexibility index (Phi) is 5.34. The number of hydrogen-bond donors (Lipinski definition) is 1. The molecule has 0 saturated carbocycles. The number of aromatic nitrogens is 1. The summed E-state index contributed by atoms with van der Waals surface area (Å²) < 4.78 is 13.2. The van der Waals surface area contributed by atoms with Crippen LogP contribution in [-0.2, 0) is 11.2 Å². The number of rotatable bonds is 5. The second-order valence-electron chi connectivity index (χ2n) is 5.85. The van der Waals surface area contributed by atoms with Gasteiger partial charge in [-0.3, -0.25) is 4.79 Å². The van der Waals surface area contributed by atoms with E-state index < -0.39 is 0 Å². The van der Waals surface area contributed by atoms with Crippen molar-refractivity contribution in [3.8, 4) is 0 Å². The summed E-state index contributed by atoms with van der Waals surface area (Å²) in [4.78, 5) is 16.9. The molecule has 0 bridgehead atoms. The molecule has 3 nitrogen and oxygen atoms in total. The predicted molar refractivity (Wildman–Crippen MR) is 102 cm³/mol. The van der Waals surface area contributed by atoms with Crippen molar-refractivity contribution >= 4 is 34.3 Å². The first-order valence-corrected chi connectivity index (χ1v) is 9.12. The number of carbonyl (C=O) groups is 1. The minimum atomic E-state index is -0.370. The Morgan fingerprint density at radius 1 is 1.20 bits per heavy atom. The molecule has 0 aliphatic carbocycles. The summed E-state index contributed by atoms with van der Waals surface area (Å²) in [5, 5.41) is 4.69. The Morgan fingerprint density at radius 3 is 2.80 bits per heavy atom. The Hall–Kier alpha value is -2.40. The van der Waals surface area contributed by atoms with Crippen molar-refractivity contribution in [3.05, 3.63) is 65.5 Å². The molecule has 1 amide bonds. The van der Waals surface area contributed by atoms with Crippen LogP contribution in [0.15, 0.2) is 53.6 Å². The van der Waals surface area contributed by atoms with Crippen LogP contribution in [0.25, 0.3) is 10.9 Å². The normalized spacial score (nSPS) is 10.8. The number of fused-ring (bicyclic) bond motifs is 1. The Balaban J connectivity index is 1.74.